The largest absolute Gasteiger partial charge is 0.383 e. The van der Waals surface area contributed by atoms with E-state index in [4.69, 9.17) is 22.2 Å². The molecule has 0 aliphatic rings. The van der Waals surface area contributed by atoms with Gasteiger partial charge in [-0.15, -0.1) is 0 Å². The molecule has 118 valence electrons. The zero-order valence-electron chi connectivity index (χ0n) is 12.7. The molecule has 1 amide bonds. The van der Waals surface area contributed by atoms with Gasteiger partial charge in [0.15, 0.2) is 0 Å². The van der Waals surface area contributed by atoms with Gasteiger partial charge in [-0.3, -0.25) is 4.79 Å². The van der Waals surface area contributed by atoms with E-state index in [9.17, 15) is 4.79 Å². The number of hydrazine groups is 1. The SMILES string of the molecule is CCC(CC)N(CCOC)C(=O)c1cc(Cl)nc(NN)c1. The number of amides is 1. The Morgan fingerprint density at radius 2 is 2.14 bits per heavy atom. The van der Waals surface area contributed by atoms with Crippen LogP contribution in [-0.4, -0.2) is 42.1 Å². The van der Waals surface area contributed by atoms with Crippen molar-refractivity contribution in [3.8, 4) is 0 Å². The first kappa shape index (κ1) is 17.7. The van der Waals surface area contributed by atoms with E-state index in [0.717, 1.165) is 12.8 Å². The van der Waals surface area contributed by atoms with Crippen LogP contribution >= 0.6 is 11.6 Å². The van der Waals surface area contributed by atoms with Crippen LogP contribution in [0.3, 0.4) is 0 Å². The second kappa shape index (κ2) is 8.81. The van der Waals surface area contributed by atoms with Crippen molar-refractivity contribution in [1.82, 2.24) is 9.88 Å². The predicted octanol–water partition coefficient (Wildman–Crippen LogP) is 2.30. The summed E-state index contributed by atoms with van der Waals surface area (Å²) in [5.74, 6) is 5.61. The lowest BCUT2D eigenvalue weighted by atomic mass is 10.1. The third kappa shape index (κ3) is 4.84. The second-order valence-corrected chi connectivity index (χ2v) is 5.06. The van der Waals surface area contributed by atoms with Crippen LogP contribution in [-0.2, 0) is 4.74 Å². The molecule has 6 nitrogen and oxygen atoms in total. The Morgan fingerprint density at radius 1 is 1.48 bits per heavy atom. The van der Waals surface area contributed by atoms with E-state index in [1.54, 1.807) is 19.2 Å². The molecule has 0 spiro atoms. The lowest BCUT2D eigenvalue weighted by Gasteiger charge is -2.30. The maximum absolute atomic E-state index is 12.7. The van der Waals surface area contributed by atoms with Crippen LogP contribution in [0.5, 0.6) is 0 Å². The number of ether oxygens (including phenoxy) is 1. The topological polar surface area (TPSA) is 80.5 Å². The average Bonchev–Trinajstić information content (AvgIpc) is 2.50. The van der Waals surface area contributed by atoms with Gasteiger partial charge in [0, 0.05) is 25.3 Å². The molecular weight excluding hydrogens is 292 g/mol. The quantitative estimate of drug-likeness (QED) is 0.437. The standard InChI is InChI=1S/C14H23ClN4O2/c1-4-11(5-2)19(6-7-21-3)14(20)10-8-12(15)17-13(9-10)18-16/h8-9,11H,4-7,16H2,1-3H3,(H,17,18). The first-order chi connectivity index (χ1) is 10.1. The Morgan fingerprint density at radius 3 is 2.67 bits per heavy atom. The maximum Gasteiger partial charge on any atom is 0.254 e. The highest BCUT2D eigenvalue weighted by molar-refractivity contribution is 6.29. The van der Waals surface area contributed by atoms with Gasteiger partial charge >= 0.3 is 0 Å². The highest BCUT2D eigenvalue weighted by Crippen LogP contribution is 2.18. The molecule has 0 aromatic carbocycles. The number of carbonyl (C=O) groups is 1. The zero-order chi connectivity index (χ0) is 15.8. The monoisotopic (exact) mass is 314 g/mol. The number of halogens is 1. The van der Waals surface area contributed by atoms with E-state index in [1.165, 1.54) is 0 Å². The molecule has 1 rings (SSSR count). The van der Waals surface area contributed by atoms with Crippen molar-refractivity contribution >= 4 is 23.3 Å². The molecular formula is C14H23ClN4O2. The van der Waals surface area contributed by atoms with Gasteiger partial charge in [-0.1, -0.05) is 25.4 Å². The summed E-state index contributed by atoms with van der Waals surface area (Å²) < 4.78 is 5.10. The number of hydrogen-bond donors (Lipinski definition) is 2. The molecule has 0 aliphatic carbocycles. The number of methoxy groups -OCH3 is 1. The number of nitrogens with two attached hydrogens (primary N) is 1. The summed E-state index contributed by atoms with van der Waals surface area (Å²) in [6.45, 7) is 5.15. The van der Waals surface area contributed by atoms with E-state index >= 15 is 0 Å². The van der Waals surface area contributed by atoms with Crippen LogP contribution < -0.4 is 11.3 Å². The minimum Gasteiger partial charge on any atom is -0.383 e. The fourth-order valence-corrected chi connectivity index (χ4v) is 2.44. The Balaban J connectivity index is 3.06. The summed E-state index contributed by atoms with van der Waals surface area (Å²) >= 11 is 5.93. The lowest BCUT2D eigenvalue weighted by molar-refractivity contribution is 0.0589. The number of pyridine rings is 1. The van der Waals surface area contributed by atoms with Crippen LogP contribution in [0.2, 0.25) is 5.15 Å². The van der Waals surface area contributed by atoms with Gasteiger partial charge in [0.25, 0.3) is 5.91 Å². The molecule has 1 aromatic rings. The fraction of sp³-hybridized carbons (Fsp3) is 0.571. The second-order valence-electron chi connectivity index (χ2n) is 4.67. The van der Waals surface area contributed by atoms with Crippen molar-refractivity contribution in [2.24, 2.45) is 5.84 Å². The number of hydrogen-bond acceptors (Lipinski definition) is 5. The lowest BCUT2D eigenvalue weighted by Crippen LogP contribution is -2.41. The molecule has 1 heterocycles. The van der Waals surface area contributed by atoms with Gasteiger partial charge in [-0.2, -0.15) is 0 Å². The molecule has 0 radical (unpaired) electrons. The van der Waals surface area contributed by atoms with Gasteiger partial charge in [-0.25, -0.2) is 10.8 Å². The fourth-order valence-electron chi connectivity index (χ4n) is 2.23. The highest BCUT2D eigenvalue weighted by atomic mass is 35.5. The van der Waals surface area contributed by atoms with E-state index in [0.29, 0.717) is 24.5 Å². The Bertz CT molecular complexity index is 466. The van der Waals surface area contributed by atoms with E-state index in [1.807, 2.05) is 4.90 Å². The molecule has 0 saturated carbocycles. The van der Waals surface area contributed by atoms with Crippen molar-refractivity contribution in [3.05, 3.63) is 22.8 Å². The third-order valence-electron chi connectivity index (χ3n) is 3.37. The average molecular weight is 315 g/mol. The molecule has 21 heavy (non-hydrogen) atoms. The number of nitrogens with one attached hydrogen (secondary N) is 1. The minimum absolute atomic E-state index is 0.0958. The molecule has 0 saturated heterocycles. The zero-order valence-corrected chi connectivity index (χ0v) is 13.5. The van der Waals surface area contributed by atoms with Crippen molar-refractivity contribution in [2.75, 3.05) is 25.7 Å². The minimum atomic E-state index is -0.0958. The van der Waals surface area contributed by atoms with Gasteiger partial charge < -0.3 is 15.1 Å². The van der Waals surface area contributed by atoms with Gasteiger partial charge in [0.05, 0.1) is 6.61 Å². The Kier molecular flexibility index (Phi) is 7.42. The van der Waals surface area contributed by atoms with Crippen LogP contribution in [0, 0.1) is 0 Å². The van der Waals surface area contributed by atoms with Gasteiger partial charge in [0.1, 0.15) is 11.0 Å². The first-order valence-corrected chi connectivity index (χ1v) is 7.39. The molecule has 0 bridgehead atoms. The molecule has 0 atom stereocenters. The smallest absolute Gasteiger partial charge is 0.254 e. The van der Waals surface area contributed by atoms with Crippen LogP contribution in [0.4, 0.5) is 5.82 Å². The van der Waals surface area contributed by atoms with Crippen LogP contribution in [0.1, 0.15) is 37.0 Å². The van der Waals surface area contributed by atoms with Gasteiger partial charge in [0.2, 0.25) is 0 Å². The Hall–Kier alpha value is -1.37. The summed E-state index contributed by atoms with van der Waals surface area (Å²) in [5.41, 5.74) is 2.88. The summed E-state index contributed by atoms with van der Waals surface area (Å²) in [7, 11) is 1.62. The molecule has 1 aromatic heterocycles. The van der Waals surface area contributed by atoms with E-state index < -0.39 is 0 Å². The number of nitrogen functional groups attached to an aromatic ring is 1. The summed E-state index contributed by atoms with van der Waals surface area (Å²) in [5, 5.41) is 0.227. The molecule has 3 N–H and O–H groups in total. The van der Waals surface area contributed by atoms with Crippen molar-refractivity contribution in [2.45, 2.75) is 32.7 Å². The molecule has 0 aliphatic heterocycles. The molecule has 0 fully saturated rings. The molecule has 0 unspecified atom stereocenters. The first-order valence-electron chi connectivity index (χ1n) is 7.01. The van der Waals surface area contributed by atoms with Crippen LogP contribution in [0.15, 0.2) is 12.1 Å². The number of anilines is 1. The summed E-state index contributed by atoms with van der Waals surface area (Å²) in [4.78, 5) is 18.5. The van der Waals surface area contributed by atoms with Crippen LogP contribution in [0.25, 0.3) is 0 Å². The van der Waals surface area contributed by atoms with E-state index in [2.05, 4.69) is 24.3 Å². The van der Waals surface area contributed by atoms with Gasteiger partial charge in [-0.05, 0) is 25.0 Å². The van der Waals surface area contributed by atoms with Crippen molar-refractivity contribution in [3.63, 3.8) is 0 Å². The summed E-state index contributed by atoms with van der Waals surface area (Å²) in [6, 6.07) is 3.30. The predicted molar refractivity (Wildman–Crippen MR) is 84.3 cm³/mol. The van der Waals surface area contributed by atoms with E-state index in [-0.39, 0.29) is 17.1 Å². The maximum atomic E-state index is 12.7. The third-order valence-corrected chi connectivity index (χ3v) is 3.56. The number of rotatable bonds is 8. The number of carbonyl (C=O) groups excluding carboxylic acids is 1. The Labute approximate surface area is 130 Å². The number of aromatic nitrogens is 1. The number of nitrogens with zero attached hydrogens (tertiary/aromatic N) is 2. The molecule has 7 heteroatoms. The van der Waals surface area contributed by atoms with Crippen molar-refractivity contribution < 1.29 is 9.53 Å². The normalized spacial score (nSPS) is 10.8. The summed E-state index contributed by atoms with van der Waals surface area (Å²) in [6.07, 6.45) is 1.76. The highest BCUT2D eigenvalue weighted by Gasteiger charge is 2.23. The van der Waals surface area contributed by atoms with Crippen molar-refractivity contribution in [1.29, 1.82) is 0 Å².